The van der Waals surface area contributed by atoms with Gasteiger partial charge in [0.05, 0.1) is 12.2 Å². The van der Waals surface area contributed by atoms with Crippen LogP contribution in [0, 0.1) is 5.92 Å². The summed E-state index contributed by atoms with van der Waals surface area (Å²) in [7, 11) is 0. The van der Waals surface area contributed by atoms with Crippen molar-refractivity contribution in [2.75, 3.05) is 6.61 Å². The Morgan fingerprint density at radius 1 is 0.889 bits per heavy atom. The Balaban J connectivity index is 1.56. The zero-order valence-corrected chi connectivity index (χ0v) is 16.4. The van der Waals surface area contributed by atoms with Gasteiger partial charge in [0.15, 0.2) is 0 Å². The molecule has 144 valence electrons. The molecule has 1 aliphatic carbocycles. The summed E-state index contributed by atoms with van der Waals surface area (Å²) >= 11 is 0. The predicted molar refractivity (Wildman–Crippen MR) is 109 cm³/mol. The minimum Gasteiger partial charge on any atom is -0.494 e. The Morgan fingerprint density at radius 2 is 1.52 bits per heavy atom. The van der Waals surface area contributed by atoms with Gasteiger partial charge in [0.1, 0.15) is 11.5 Å². The van der Waals surface area contributed by atoms with Crippen LogP contribution in [-0.4, -0.2) is 12.6 Å². The van der Waals surface area contributed by atoms with Crippen LogP contribution < -0.4 is 9.47 Å². The van der Waals surface area contributed by atoms with Gasteiger partial charge in [0, 0.05) is 0 Å². The van der Waals surface area contributed by atoms with Gasteiger partial charge in [-0.1, -0.05) is 32.4 Å². The summed E-state index contributed by atoms with van der Waals surface area (Å²) in [6, 6.07) is 15.2. The zero-order valence-electron chi connectivity index (χ0n) is 16.4. The average Bonchev–Trinajstić information content (AvgIpc) is 2.73. The fraction of sp³-hybridized carbons (Fsp3) is 0.458. The molecule has 3 heteroatoms. The molecule has 1 saturated carbocycles. The maximum Gasteiger partial charge on any atom is 0.343 e. The van der Waals surface area contributed by atoms with Crippen molar-refractivity contribution < 1.29 is 14.3 Å². The van der Waals surface area contributed by atoms with E-state index in [1.54, 1.807) is 12.1 Å². The molecule has 27 heavy (non-hydrogen) atoms. The molecule has 0 amide bonds. The van der Waals surface area contributed by atoms with Gasteiger partial charge in [-0.15, -0.1) is 0 Å². The third kappa shape index (κ3) is 5.35. The third-order valence-electron chi connectivity index (χ3n) is 5.55. The minimum absolute atomic E-state index is 0.321. The van der Waals surface area contributed by atoms with E-state index >= 15 is 0 Å². The topological polar surface area (TPSA) is 35.5 Å². The van der Waals surface area contributed by atoms with Gasteiger partial charge >= 0.3 is 5.97 Å². The van der Waals surface area contributed by atoms with Gasteiger partial charge in [-0.2, -0.15) is 0 Å². The van der Waals surface area contributed by atoms with E-state index in [9.17, 15) is 4.79 Å². The summed E-state index contributed by atoms with van der Waals surface area (Å²) in [6.45, 7) is 5.04. The maximum absolute atomic E-state index is 12.4. The Labute approximate surface area is 162 Å². The fourth-order valence-electron chi connectivity index (χ4n) is 3.79. The molecule has 1 fully saturated rings. The second-order valence-electron chi connectivity index (χ2n) is 7.46. The van der Waals surface area contributed by atoms with E-state index in [2.05, 4.69) is 26.0 Å². The van der Waals surface area contributed by atoms with E-state index in [-0.39, 0.29) is 5.97 Å². The highest BCUT2D eigenvalue weighted by Gasteiger charge is 2.21. The molecule has 0 aliphatic heterocycles. The lowest BCUT2D eigenvalue weighted by Crippen LogP contribution is -2.13. The summed E-state index contributed by atoms with van der Waals surface area (Å²) in [4.78, 5) is 12.4. The second-order valence-corrected chi connectivity index (χ2v) is 7.46. The first-order valence-corrected chi connectivity index (χ1v) is 10.2. The van der Waals surface area contributed by atoms with Crippen LogP contribution >= 0.6 is 0 Å². The van der Waals surface area contributed by atoms with Crippen molar-refractivity contribution in [2.45, 2.75) is 58.3 Å². The van der Waals surface area contributed by atoms with Crippen LogP contribution in [0.15, 0.2) is 48.5 Å². The molecule has 0 aromatic heterocycles. The van der Waals surface area contributed by atoms with Crippen molar-refractivity contribution >= 4 is 5.97 Å². The number of hydrogen-bond acceptors (Lipinski definition) is 3. The van der Waals surface area contributed by atoms with E-state index in [1.807, 2.05) is 24.3 Å². The van der Waals surface area contributed by atoms with E-state index in [0.717, 1.165) is 18.1 Å². The van der Waals surface area contributed by atoms with Crippen LogP contribution in [0.3, 0.4) is 0 Å². The number of rotatable bonds is 7. The molecule has 3 nitrogen and oxygen atoms in total. The number of hydrogen-bond donors (Lipinski definition) is 0. The molecule has 2 aromatic rings. The first-order chi connectivity index (χ1) is 13.2. The molecule has 0 unspecified atom stereocenters. The molecule has 0 bridgehead atoms. The maximum atomic E-state index is 12.4. The van der Waals surface area contributed by atoms with E-state index in [4.69, 9.17) is 9.47 Å². The summed E-state index contributed by atoms with van der Waals surface area (Å²) < 4.78 is 11.0. The summed E-state index contributed by atoms with van der Waals surface area (Å²) in [5.74, 6) is 2.53. The molecule has 0 heterocycles. The lowest BCUT2D eigenvalue weighted by molar-refractivity contribution is 0.0734. The van der Waals surface area contributed by atoms with Crippen molar-refractivity contribution in [3.63, 3.8) is 0 Å². The van der Waals surface area contributed by atoms with Crippen LogP contribution in [0.4, 0.5) is 0 Å². The van der Waals surface area contributed by atoms with E-state index in [1.165, 1.54) is 37.7 Å². The predicted octanol–water partition coefficient (Wildman–Crippen LogP) is 6.38. The van der Waals surface area contributed by atoms with Crippen molar-refractivity contribution in [3.05, 3.63) is 59.7 Å². The molecular weight excluding hydrogens is 336 g/mol. The average molecular weight is 367 g/mol. The van der Waals surface area contributed by atoms with E-state index < -0.39 is 0 Å². The van der Waals surface area contributed by atoms with Crippen LogP contribution in [0.2, 0.25) is 0 Å². The molecule has 0 saturated heterocycles. The number of esters is 1. The van der Waals surface area contributed by atoms with Crippen LogP contribution in [0.25, 0.3) is 0 Å². The third-order valence-corrected chi connectivity index (χ3v) is 5.55. The highest BCUT2D eigenvalue weighted by atomic mass is 16.5. The summed E-state index contributed by atoms with van der Waals surface area (Å²) in [5, 5.41) is 0. The van der Waals surface area contributed by atoms with Gasteiger partial charge in [-0.05, 0) is 85.9 Å². The number of carbonyl (C=O) groups excluding carboxylic acids is 1. The standard InChI is InChI=1S/C24H30O3/c1-3-17-26-22-13-15-23(16-14-22)27-24(25)21-11-9-20(10-12-21)19-7-5-18(4-2)6-8-19/h9-16,18-19H,3-8,17H2,1-2H3. The van der Waals surface area contributed by atoms with Crippen molar-refractivity contribution in [2.24, 2.45) is 5.92 Å². The SMILES string of the molecule is CCCOc1ccc(OC(=O)c2ccc(C3CCC(CC)CC3)cc2)cc1. The van der Waals surface area contributed by atoms with Crippen LogP contribution in [0.1, 0.15) is 74.2 Å². The molecule has 1 aliphatic rings. The Hall–Kier alpha value is -2.29. The zero-order chi connectivity index (χ0) is 19.1. The van der Waals surface area contributed by atoms with Gasteiger partial charge in [0.2, 0.25) is 0 Å². The Bertz CT molecular complexity index is 710. The first-order valence-electron chi connectivity index (χ1n) is 10.2. The number of benzene rings is 2. The Morgan fingerprint density at radius 3 is 2.11 bits per heavy atom. The molecule has 0 atom stereocenters. The van der Waals surface area contributed by atoms with Crippen molar-refractivity contribution in [1.29, 1.82) is 0 Å². The Kier molecular flexibility index (Phi) is 6.92. The first kappa shape index (κ1) is 19.5. The van der Waals surface area contributed by atoms with Gasteiger partial charge in [-0.3, -0.25) is 0 Å². The van der Waals surface area contributed by atoms with Crippen LogP contribution in [0.5, 0.6) is 11.5 Å². The molecule has 3 rings (SSSR count). The lowest BCUT2D eigenvalue weighted by atomic mass is 9.78. The lowest BCUT2D eigenvalue weighted by Gasteiger charge is -2.28. The highest BCUT2D eigenvalue weighted by molar-refractivity contribution is 5.91. The van der Waals surface area contributed by atoms with Crippen LogP contribution in [-0.2, 0) is 0 Å². The number of carbonyl (C=O) groups is 1. The second kappa shape index (κ2) is 9.59. The molecule has 0 spiro atoms. The van der Waals surface area contributed by atoms with Crippen molar-refractivity contribution in [3.8, 4) is 11.5 Å². The summed E-state index contributed by atoms with van der Waals surface area (Å²) in [5.41, 5.74) is 1.94. The summed E-state index contributed by atoms with van der Waals surface area (Å²) in [6.07, 6.45) is 7.42. The van der Waals surface area contributed by atoms with Gasteiger partial charge < -0.3 is 9.47 Å². The smallest absolute Gasteiger partial charge is 0.343 e. The largest absolute Gasteiger partial charge is 0.494 e. The van der Waals surface area contributed by atoms with Gasteiger partial charge in [-0.25, -0.2) is 4.79 Å². The van der Waals surface area contributed by atoms with E-state index in [0.29, 0.717) is 23.8 Å². The highest BCUT2D eigenvalue weighted by Crippen LogP contribution is 2.36. The quantitative estimate of drug-likeness (QED) is 0.421. The fourth-order valence-corrected chi connectivity index (χ4v) is 3.79. The number of ether oxygens (including phenoxy) is 2. The minimum atomic E-state index is -0.321. The normalized spacial score (nSPS) is 19.5. The molecule has 0 N–H and O–H groups in total. The monoisotopic (exact) mass is 366 g/mol. The molecule has 2 aromatic carbocycles. The van der Waals surface area contributed by atoms with Crippen molar-refractivity contribution in [1.82, 2.24) is 0 Å². The molecule has 0 radical (unpaired) electrons. The van der Waals surface area contributed by atoms with Gasteiger partial charge in [0.25, 0.3) is 0 Å². The molecular formula is C24H30O3.